The summed E-state index contributed by atoms with van der Waals surface area (Å²) in [6.07, 6.45) is 0. The summed E-state index contributed by atoms with van der Waals surface area (Å²) < 4.78 is 43.0. The smallest absolute Gasteiger partial charge is 0.243 e. The van der Waals surface area contributed by atoms with Gasteiger partial charge >= 0.3 is 0 Å². The average molecular weight is 365 g/mol. The molecule has 0 saturated carbocycles. The van der Waals surface area contributed by atoms with E-state index >= 15 is 0 Å². The number of hydrogen-bond donors (Lipinski definition) is 0. The van der Waals surface area contributed by atoms with Crippen LogP contribution in [0, 0.1) is 0 Å². The lowest BCUT2D eigenvalue weighted by Crippen LogP contribution is -2.33. The number of benzene rings is 2. The normalized spacial score (nSPS) is 11.5. The number of rotatable bonds is 9. The summed E-state index contributed by atoms with van der Waals surface area (Å²) >= 11 is 0. The standard InChI is InChI=1S/C18H23NO5S/c1-22-12-11-19(14-15-7-5-4-6-8-15)25(20,21)16-9-10-17(23-2)18(13-16)24-3/h4-10,13H,11-12,14H2,1-3H3. The Hall–Kier alpha value is -2.09. The van der Waals surface area contributed by atoms with Crippen molar-refractivity contribution in [2.24, 2.45) is 0 Å². The highest BCUT2D eigenvalue weighted by Gasteiger charge is 2.25. The van der Waals surface area contributed by atoms with Gasteiger partial charge in [-0.1, -0.05) is 30.3 Å². The van der Waals surface area contributed by atoms with Crippen molar-refractivity contribution in [1.29, 1.82) is 0 Å². The number of methoxy groups -OCH3 is 3. The van der Waals surface area contributed by atoms with Gasteiger partial charge in [-0.05, 0) is 17.7 Å². The van der Waals surface area contributed by atoms with E-state index in [4.69, 9.17) is 14.2 Å². The molecule has 136 valence electrons. The highest BCUT2D eigenvalue weighted by Crippen LogP contribution is 2.31. The third-order valence-electron chi connectivity index (χ3n) is 3.74. The highest BCUT2D eigenvalue weighted by atomic mass is 32.2. The van der Waals surface area contributed by atoms with Crippen LogP contribution in [0.1, 0.15) is 5.56 Å². The maximum Gasteiger partial charge on any atom is 0.243 e. The van der Waals surface area contributed by atoms with Gasteiger partial charge in [0.1, 0.15) is 0 Å². The lowest BCUT2D eigenvalue weighted by molar-refractivity contribution is 0.177. The fraction of sp³-hybridized carbons (Fsp3) is 0.333. The first-order valence-electron chi connectivity index (χ1n) is 7.78. The third-order valence-corrected chi connectivity index (χ3v) is 5.58. The zero-order chi connectivity index (χ0) is 18.3. The van der Waals surface area contributed by atoms with E-state index in [-0.39, 0.29) is 18.0 Å². The van der Waals surface area contributed by atoms with E-state index in [1.807, 2.05) is 30.3 Å². The maximum absolute atomic E-state index is 13.1. The topological polar surface area (TPSA) is 65.1 Å². The van der Waals surface area contributed by atoms with Crippen LogP contribution in [0.15, 0.2) is 53.4 Å². The monoisotopic (exact) mass is 365 g/mol. The van der Waals surface area contributed by atoms with Gasteiger partial charge in [0.2, 0.25) is 10.0 Å². The molecule has 0 N–H and O–H groups in total. The summed E-state index contributed by atoms with van der Waals surface area (Å²) in [5.74, 6) is 0.850. The van der Waals surface area contributed by atoms with Gasteiger partial charge in [-0.3, -0.25) is 0 Å². The number of sulfonamides is 1. The van der Waals surface area contributed by atoms with Crippen LogP contribution in [-0.4, -0.2) is 47.2 Å². The van der Waals surface area contributed by atoms with E-state index in [1.165, 1.54) is 30.7 Å². The van der Waals surface area contributed by atoms with Crippen molar-refractivity contribution >= 4 is 10.0 Å². The first-order chi connectivity index (χ1) is 12.0. The van der Waals surface area contributed by atoms with Crippen LogP contribution in [0.4, 0.5) is 0 Å². The number of hydrogen-bond acceptors (Lipinski definition) is 5. The molecule has 0 amide bonds. The third kappa shape index (κ3) is 4.72. The van der Waals surface area contributed by atoms with Crippen LogP contribution < -0.4 is 9.47 Å². The second-order valence-corrected chi connectivity index (χ2v) is 7.27. The van der Waals surface area contributed by atoms with Gasteiger partial charge in [0, 0.05) is 26.3 Å². The number of ether oxygens (including phenoxy) is 3. The molecule has 0 unspecified atom stereocenters. The molecule has 0 fully saturated rings. The molecule has 0 aliphatic carbocycles. The Kier molecular flexibility index (Phi) is 6.81. The van der Waals surface area contributed by atoms with Crippen molar-refractivity contribution in [3.8, 4) is 11.5 Å². The molecule has 6 nitrogen and oxygen atoms in total. The molecule has 2 aromatic carbocycles. The average Bonchev–Trinajstić information content (AvgIpc) is 2.65. The Morgan fingerprint density at radius 2 is 1.60 bits per heavy atom. The van der Waals surface area contributed by atoms with E-state index in [2.05, 4.69) is 0 Å². The molecule has 0 radical (unpaired) electrons. The lowest BCUT2D eigenvalue weighted by Gasteiger charge is -2.22. The number of nitrogens with zero attached hydrogens (tertiary/aromatic N) is 1. The summed E-state index contributed by atoms with van der Waals surface area (Å²) in [5.41, 5.74) is 0.905. The molecule has 0 heterocycles. The van der Waals surface area contributed by atoms with Crippen LogP contribution >= 0.6 is 0 Å². The first-order valence-corrected chi connectivity index (χ1v) is 9.22. The second kappa shape index (κ2) is 8.84. The predicted octanol–water partition coefficient (Wildman–Crippen LogP) is 2.54. The van der Waals surface area contributed by atoms with E-state index in [1.54, 1.807) is 13.2 Å². The minimum absolute atomic E-state index is 0.150. The zero-order valence-electron chi connectivity index (χ0n) is 14.6. The molecule has 25 heavy (non-hydrogen) atoms. The van der Waals surface area contributed by atoms with Gasteiger partial charge < -0.3 is 14.2 Å². The van der Waals surface area contributed by atoms with Crippen LogP contribution in [0.5, 0.6) is 11.5 Å². The van der Waals surface area contributed by atoms with Crippen molar-refractivity contribution in [2.75, 3.05) is 34.5 Å². The maximum atomic E-state index is 13.1. The van der Waals surface area contributed by atoms with Crippen molar-refractivity contribution in [3.63, 3.8) is 0 Å². The molecular weight excluding hydrogens is 342 g/mol. The van der Waals surface area contributed by atoms with E-state index in [9.17, 15) is 8.42 Å². The van der Waals surface area contributed by atoms with Gasteiger partial charge in [-0.25, -0.2) is 8.42 Å². The van der Waals surface area contributed by atoms with Crippen LogP contribution in [0.2, 0.25) is 0 Å². The molecule has 0 saturated heterocycles. The van der Waals surface area contributed by atoms with Crippen molar-refractivity contribution in [1.82, 2.24) is 4.31 Å². The Labute approximate surface area is 149 Å². The molecule has 0 spiro atoms. The Morgan fingerprint density at radius 1 is 0.920 bits per heavy atom. The largest absolute Gasteiger partial charge is 0.493 e. The highest BCUT2D eigenvalue weighted by molar-refractivity contribution is 7.89. The van der Waals surface area contributed by atoms with E-state index < -0.39 is 10.0 Å². The fourth-order valence-corrected chi connectivity index (χ4v) is 3.82. The van der Waals surface area contributed by atoms with Gasteiger partial charge in [0.05, 0.1) is 25.7 Å². The minimum Gasteiger partial charge on any atom is -0.493 e. The lowest BCUT2D eigenvalue weighted by atomic mass is 10.2. The molecule has 0 bridgehead atoms. The molecule has 7 heteroatoms. The van der Waals surface area contributed by atoms with Gasteiger partial charge in [-0.15, -0.1) is 0 Å². The Bertz CT molecular complexity index is 777. The van der Waals surface area contributed by atoms with Crippen molar-refractivity contribution < 1.29 is 22.6 Å². The summed E-state index contributed by atoms with van der Waals surface area (Å²) in [6.45, 7) is 0.822. The first kappa shape index (κ1) is 19.2. The molecule has 0 aliphatic heterocycles. The fourth-order valence-electron chi connectivity index (χ4n) is 2.39. The van der Waals surface area contributed by atoms with E-state index in [0.717, 1.165) is 5.56 Å². The van der Waals surface area contributed by atoms with Gasteiger partial charge in [0.15, 0.2) is 11.5 Å². The zero-order valence-corrected chi connectivity index (χ0v) is 15.5. The molecular formula is C18H23NO5S. The summed E-state index contributed by atoms with van der Waals surface area (Å²) in [6, 6.07) is 14.0. The van der Waals surface area contributed by atoms with Crippen LogP contribution in [0.3, 0.4) is 0 Å². The van der Waals surface area contributed by atoms with Gasteiger partial charge in [-0.2, -0.15) is 4.31 Å². The van der Waals surface area contributed by atoms with Gasteiger partial charge in [0.25, 0.3) is 0 Å². The van der Waals surface area contributed by atoms with Crippen molar-refractivity contribution in [3.05, 3.63) is 54.1 Å². The molecule has 2 rings (SSSR count). The Balaban J connectivity index is 2.37. The molecule has 0 aromatic heterocycles. The minimum atomic E-state index is -3.71. The SMILES string of the molecule is COCCN(Cc1ccccc1)S(=O)(=O)c1ccc(OC)c(OC)c1. The van der Waals surface area contributed by atoms with Crippen LogP contribution in [-0.2, 0) is 21.3 Å². The quantitative estimate of drug-likeness (QED) is 0.683. The van der Waals surface area contributed by atoms with E-state index in [0.29, 0.717) is 18.1 Å². The summed E-state index contributed by atoms with van der Waals surface area (Å²) in [4.78, 5) is 0.150. The molecule has 0 aliphatic rings. The Morgan fingerprint density at radius 3 is 2.20 bits per heavy atom. The summed E-state index contributed by atoms with van der Waals surface area (Å²) in [7, 11) is 0.813. The predicted molar refractivity (Wildman–Crippen MR) is 95.5 cm³/mol. The van der Waals surface area contributed by atoms with Crippen molar-refractivity contribution in [2.45, 2.75) is 11.4 Å². The van der Waals surface area contributed by atoms with Crippen LogP contribution in [0.25, 0.3) is 0 Å². The summed E-state index contributed by atoms with van der Waals surface area (Å²) in [5, 5.41) is 0. The molecule has 2 aromatic rings. The second-order valence-electron chi connectivity index (χ2n) is 5.33. The molecule has 0 atom stereocenters.